The fourth-order valence-electron chi connectivity index (χ4n) is 1.67. The van der Waals surface area contributed by atoms with Crippen molar-refractivity contribution in [2.45, 2.75) is 32.7 Å². The maximum absolute atomic E-state index is 5.18. The first-order chi connectivity index (χ1) is 8.30. The van der Waals surface area contributed by atoms with E-state index in [9.17, 15) is 0 Å². The standard InChI is InChI=1S/C12H22N4O/c1-4-6-10(8-17-3)16-12-7-11(13-5-2)14-9-15-12/h7,9-10H,4-6,8H2,1-3H3,(H2,13,14,15,16). The highest BCUT2D eigenvalue weighted by Crippen LogP contribution is 2.11. The lowest BCUT2D eigenvalue weighted by molar-refractivity contribution is 0.182. The van der Waals surface area contributed by atoms with E-state index in [0.717, 1.165) is 31.0 Å². The van der Waals surface area contributed by atoms with Crippen LogP contribution in [0.2, 0.25) is 0 Å². The first-order valence-electron chi connectivity index (χ1n) is 6.11. The van der Waals surface area contributed by atoms with Crippen LogP contribution in [-0.4, -0.2) is 36.3 Å². The van der Waals surface area contributed by atoms with Gasteiger partial charge in [-0.05, 0) is 13.3 Å². The van der Waals surface area contributed by atoms with Gasteiger partial charge in [0, 0.05) is 19.7 Å². The number of anilines is 2. The smallest absolute Gasteiger partial charge is 0.131 e. The van der Waals surface area contributed by atoms with Crippen molar-refractivity contribution in [3.8, 4) is 0 Å². The molecule has 1 heterocycles. The minimum absolute atomic E-state index is 0.300. The summed E-state index contributed by atoms with van der Waals surface area (Å²) in [5, 5.41) is 6.53. The molecule has 0 fully saturated rings. The highest BCUT2D eigenvalue weighted by molar-refractivity contribution is 5.46. The second kappa shape index (κ2) is 7.84. The van der Waals surface area contributed by atoms with Crippen molar-refractivity contribution in [2.75, 3.05) is 30.9 Å². The van der Waals surface area contributed by atoms with E-state index in [0.29, 0.717) is 12.6 Å². The maximum Gasteiger partial charge on any atom is 0.131 e. The molecule has 1 atom stereocenters. The fourth-order valence-corrected chi connectivity index (χ4v) is 1.67. The van der Waals surface area contributed by atoms with E-state index >= 15 is 0 Å². The van der Waals surface area contributed by atoms with E-state index in [-0.39, 0.29) is 0 Å². The Balaban J connectivity index is 2.60. The predicted molar refractivity (Wildman–Crippen MR) is 70.4 cm³/mol. The third-order valence-electron chi connectivity index (χ3n) is 2.38. The molecule has 0 radical (unpaired) electrons. The lowest BCUT2D eigenvalue weighted by Crippen LogP contribution is -2.25. The summed E-state index contributed by atoms with van der Waals surface area (Å²) in [7, 11) is 1.72. The second-order valence-electron chi connectivity index (χ2n) is 3.90. The highest BCUT2D eigenvalue weighted by atomic mass is 16.5. The topological polar surface area (TPSA) is 59.1 Å². The lowest BCUT2D eigenvalue weighted by Gasteiger charge is -2.17. The van der Waals surface area contributed by atoms with Gasteiger partial charge in [-0.1, -0.05) is 13.3 Å². The van der Waals surface area contributed by atoms with Crippen molar-refractivity contribution in [1.82, 2.24) is 9.97 Å². The number of nitrogens with one attached hydrogen (secondary N) is 2. The van der Waals surface area contributed by atoms with Gasteiger partial charge in [-0.3, -0.25) is 0 Å². The van der Waals surface area contributed by atoms with Gasteiger partial charge in [0.2, 0.25) is 0 Å². The Bertz CT molecular complexity index is 313. The van der Waals surface area contributed by atoms with Crippen LogP contribution in [0.4, 0.5) is 11.6 Å². The summed E-state index contributed by atoms with van der Waals surface area (Å²) in [4.78, 5) is 8.34. The predicted octanol–water partition coefficient (Wildman–Crippen LogP) is 2.14. The van der Waals surface area contributed by atoms with Crippen LogP contribution >= 0.6 is 0 Å². The highest BCUT2D eigenvalue weighted by Gasteiger charge is 2.08. The maximum atomic E-state index is 5.18. The van der Waals surface area contributed by atoms with Crippen molar-refractivity contribution in [2.24, 2.45) is 0 Å². The van der Waals surface area contributed by atoms with Gasteiger partial charge in [-0.15, -0.1) is 0 Å². The molecule has 5 nitrogen and oxygen atoms in total. The average Bonchev–Trinajstić information content (AvgIpc) is 2.30. The summed E-state index contributed by atoms with van der Waals surface area (Å²) < 4.78 is 5.18. The van der Waals surface area contributed by atoms with Gasteiger partial charge in [-0.25, -0.2) is 9.97 Å². The number of rotatable bonds is 8. The molecule has 0 aliphatic carbocycles. The molecule has 0 bridgehead atoms. The number of hydrogen-bond acceptors (Lipinski definition) is 5. The Kier molecular flexibility index (Phi) is 6.32. The monoisotopic (exact) mass is 238 g/mol. The zero-order valence-electron chi connectivity index (χ0n) is 10.9. The summed E-state index contributed by atoms with van der Waals surface area (Å²) in [6.45, 7) is 5.75. The van der Waals surface area contributed by atoms with E-state index in [2.05, 4.69) is 27.5 Å². The van der Waals surface area contributed by atoms with E-state index in [4.69, 9.17) is 4.74 Å². The van der Waals surface area contributed by atoms with Gasteiger partial charge < -0.3 is 15.4 Å². The number of ether oxygens (including phenoxy) is 1. The molecule has 0 spiro atoms. The SMILES string of the molecule is CCCC(COC)Nc1cc(NCC)ncn1. The number of aromatic nitrogens is 2. The summed E-state index contributed by atoms with van der Waals surface area (Å²) in [6, 6.07) is 2.22. The Hall–Kier alpha value is -1.36. The van der Waals surface area contributed by atoms with Gasteiger partial charge >= 0.3 is 0 Å². The van der Waals surface area contributed by atoms with Crippen molar-refractivity contribution >= 4 is 11.6 Å². The molecular weight excluding hydrogens is 216 g/mol. The Labute approximate surface area is 103 Å². The van der Waals surface area contributed by atoms with Gasteiger partial charge in [0.25, 0.3) is 0 Å². The van der Waals surface area contributed by atoms with Crippen LogP contribution in [0.1, 0.15) is 26.7 Å². The summed E-state index contributed by atoms with van der Waals surface area (Å²) in [5.74, 6) is 1.68. The first kappa shape index (κ1) is 13.7. The number of methoxy groups -OCH3 is 1. The zero-order chi connectivity index (χ0) is 12.5. The molecular formula is C12H22N4O. The quantitative estimate of drug-likeness (QED) is 0.726. The lowest BCUT2D eigenvalue weighted by atomic mass is 10.2. The molecule has 0 saturated carbocycles. The van der Waals surface area contributed by atoms with Crippen molar-refractivity contribution in [1.29, 1.82) is 0 Å². The van der Waals surface area contributed by atoms with Crippen LogP contribution in [0.3, 0.4) is 0 Å². The largest absolute Gasteiger partial charge is 0.383 e. The molecule has 0 aliphatic rings. The van der Waals surface area contributed by atoms with Gasteiger partial charge in [0.15, 0.2) is 0 Å². The fraction of sp³-hybridized carbons (Fsp3) is 0.667. The molecule has 5 heteroatoms. The number of hydrogen-bond donors (Lipinski definition) is 2. The van der Waals surface area contributed by atoms with Crippen molar-refractivity contribution < 1.29 is 4.74 Å². The Morgan fingerprint density at radius 3 is 2.71 bits per heavy atom. The third-order valence-corrected chi connectivity index (χ3v) is 2.38. The Morgan fingerprint density at radius 2 is 2.06 bits per heavy atom. The molecule has 1 unspecified atom stereocenters. The summed E-state index contributed by atoms with van der Waals surface area (Å²) in [5.41, 5.74) is 0. The minimum atomic E-state index is 0.300. The van der Waals surface area contributed by atoms with Crippen LogP contribution in [0.15, 0.2) is 12.4 Å². The molecule has 96 valence electrons. The third kappa shape index (κ3) is 4.99. The summed E-state index contributed by atoms with van der Waals surface area (Å²) in [6.07, 6.45) is 3.75. The van der Waals surface area contributed by atoms with E-state index in [1.54, 1.807) is 13.4 Å². The molecule has 1 aromatic heterocycles. The Morgan fingerprint density at radius 1 is 1.29 bits per heavy atom. The normalized spacial score (nSPS) is 12.2. The average molecular weight is 238 g/mol. The molecule has 0 saturated heterocycles. The zero-order valence-corrected chi connectivity index (χ0v) is 10.9. The van der Waals surface area contributed by atoms with Gasteiger partial charge in [0.05, 0.1) is 12.6 Å². The number of nitrogens with zero attached hydrogens (tertiary/aromatic N) is 2. The molecule has 0 aliphatic heterocycles. The molecule has 2 N–H and O–H groups in total. The summed E-state index contributed by atoms with van der Waals surface area (Å²) >= 11 is 0. The second-order valence-corrected chi connectivity index (χ2v) is 3.90. The van der Waals surface area contributed by atoms with E-state index in [1.807, 2.05) is 13.0 Å². The molecule has 17 heavy (non-hydrogen) atoms. The molecule has 0 aromatic carbocycles. The minimum Gasteiger partial charge on any atom is -0.383 e. The van der Waals surface area contributed by atoms with Gasteiger partial charge in [0.1, 0.15) is 18.0 Å². The molecule has 1 rings (SSSR count). The first-order valence-corrected chi connectivity index (χ1v) is 6.11. The van der Waals surface area contributed by atoms with Crippen LogP contribution in [-0.2, 0) is 4.74 Å². The van der Waals surface area contributed by atoms with Crippen LogP contribution in [0.5, 0.6) is 0 Å². The van der Waals surface area contributed by atoms with Crippen LogP contribution < -0.4 is 10.6 Å². The van der Waals surface area contributed by atoms with Crippen molar-refractivity contribution in [3.63, 3.8) is 0 Å². The molecule has 1 aromatic rings. The van der Waals surface area contributed by atoms with Crippen LogP contribution in [0.25, 0.3) is 0 Å². The molecule has 0 amide bonds. The van der Waals surface area contributed by atoms with Crippen molar-refractivity contribution in [3.05, 3.63) is 12.4 Å². The van der Waals surface area contributed by atoms with Gasteiger partial charge in [-0.2, -0.15) is 0 Å². The van der Waals surface area contributed by atoms with E-state index < -0.39 is 0 Å². The van der Waals surface area contributed by atoms with E-state index in [1.165, 1.54) is 0 Å². The van der Waals surface area contributed by atoms with Crippen LogP contribution in [0, 0.1) is 0 Å².